The molecule has 0 amide bonds. The van der Waals surface area contributed by atoms with Gasteiger partial charge in [-0.1, -0.05) is 13.8 Å². The number of esters is 2. The topological polar surface area (TPSA) is 61.8 Å². The monoisotopic (exact) mass is 318 g/mol. The summed E-state index contributed by atoms with van der Waals surface area (Å²) in [5, 5.41) is 0. The van der Waals surface area contributed by atoms with Gasteiger partial charge in [-0.2, -0.15) is 0 Å². The summed E-state index contributed by atoms with van der Waals surface area (Å²) < 4.78 is 16.4. The largest absolute Gasteiger partial charge is 0.459 e. The first-order valence-electron chi connectivity index (χ1n) is 7.84. The average Bonchev–Trinajstić information content (AvgIpc) is 2.75. The van der Waals surface area contributed by atoms with Gasteiger partial charge >= 0.3 is 11.9 Å². The minimum absolute atomic E-state index is 0.0464. The molecule has 0 aromatic rings. The van der Waals surface area contributed by atoms with Crippen molar-refractivity contribution in [3.63, 3.8) is 0 Å². The number of hydrogen-bond acceptors (Lipinski definition) is 5. The molecule has 0 saturated heterocycles. The molecule has 5 heteroatoms. The van der Waals surface area contributed by atoms with E-state index < -0.39 is 0 Å². The van der Waals surface area contributed by atoms with Crippen molar-refractivity contribution in [3.05, 3.63) is 34.6 Å². The van der Waals surface area contributed by atoms with Gasteiger partial charge in [-0.3, -0.25) is 4.79 Å². The first kappa shape index (κ1) is 16.0. The van der Waals surface area contributed by atoms with Crippen LogP contribution in [0.25, 0.3) is 0 Å². The lowest BCUT2D eigenvalue weighted by Crippen LogP contribution is -2.49. The molecule has 0 spiro atoms. The highest BCUT2D eigenvalue weighted by Crippen LogP contribution is 2.54. The van der Waals surface area contributed by atoms with Crippen molar-refractivity contribution in [1.29, 1.82) is 0 Å². The molecule has 0 radical (unpaired) electrons. The zero-order valence-electron chi connectivity index (χ0n) is 14.1. The number of methoxy groups -OCH3 is 1. The van der Waals surface area contributed by atoms with Crippen molar-refractivity contribution < 1.29 is 23.8 Å². The van der Waals surface area contributed by atoms with E-state index in [4.69, 9.17) is 14.2 Å². The highest BCUT2D eigenvalue weighted by molar-refractivity contribution is 5.94. The van der Waals surface area contributed by atoms with Gasteiger partial charge in [0.25, 0.3) is 0 Å². The van der Waals surface area contributed by atoms with Gasteiger partial charge in [-0.25, -0.2) is 4.79 Å². The first-order chi connectivity index (χ1) is 10.8. The van der Waals surface area contributed by atoms with E-state index in [1.165, 1.54) is 6.92 Å². The van der Waals surface area contributed by atoms with Crippen molar-refractivity contribution in [2.75, 3.05) is 7.11 Å². The summed E-state index contributed by atoms with van der Waals surface area (Å²) in [4.78, 5) is 23.3. The van der Waals surface area contributed by atoms with Crippen LogP contribution >= 0.6 is 0 Å². The van der Waals surface area contributed by atoms with Crippen LogP contribution in [0.5, 0.6) is 0 Å². The number of allylic oxidation sites excluding steroid dienone is 3. The zero-order valence-corrected chi connectivity index (χ0v) is 14.1. The van der Waals surface area contributed by atoms with Crippen molar-refractivity contribution in [1.82, 2.24) is 0 Å². The summed E-state index contributed by atoms with van der Waals surface area (Å²) in [6, 6.07) is 0. The summed E-state index contributed by atoms with van der Waals surface area (Å²) in [6.07, 6.45) is 3.95. The Morgan fingerprint density at radius 2 is 2.13 bits per heavy atom. The number of hydrogen-bond donors (Lipinski definition) is 0. The van der Waals surface area contributed by atoms with Crippen LogP contribution in [0.15, 0.2) is 34.6 Å². The van der Waals surface area contributed by atoms with Crippen molar-refractivity contribution in [2.24, 2.45) is 11.3 Å². The average molecular weight is 318 g/mol. The van der Waals surface area contributed by atoms with Crippen molar-refractivity contribution in [2.45, 2.75) is 46.3 Å². The van der Waals surface area contributed by atoms with Gasteiger partial charge in [0.2, 0.25) is 0 Å². The Kier molecular flexibility index (Phi) is 3.71. The van der Waals surface area contributed by atoms with Gasteiger partial charge < -0.3 is 14.2 Å². The maximum absolute atomic E-state index is 11.8. The molecule has 1 heterocycles. The fraction of sp³-hybridized carbons (Fsp3) is 0.556. The predicted octanol–water partition coefficient (Wildman–Crippen LogP) is 2.68. The van der Waals surface area contributed by atoms with Crippen LogP contribution < -0.4 is 0 Å². The Morgan fingerprint density at radius 3 is 2.74 bits per heavy atom. The van der Waals surface area contributed by atoms with Crippen LogP contribution in [0.4, 0.5) is 0 Å². The molecular formula is C18H22O5. The third-order valence-corrected chi connectivity index (χ3v) is 5.49. The summed E-state index contributed by atoms with van der Waals surface area (Å²) >= 11 is 0. The Hall–Kier alpha value is -1.88. The molecule has 0 aromatic heterocycles. The standard InChI is InChI=1S/C18H22O5/c1-9-13-8-18(4)10(2)16(22-11(3)19)15(21-5)7-12(18)6-14(13)23-17(9)20/h6-7,10,15-16H,8H2,1-5H3/t10-,15-,16+,18+/m0/s1. The number of carbonyl (C=O) groups excluding carboxylic acids is 2. The van der Waals surface area contributed by atoms with Crippen LogP contribution in [-0.4, -0.2) is 31.3 Å². The molecule has 3 rings (SSSR count). The molecule has 0 saturated carbocycles. The van der Waals surface area contributed by atoms with Gasteiger partial charge in [0, 0.05) is 36.5 Å². The van der Waals surface area contributed by atoms with Gasteiger partial charge in [0.15, 0.2) is 0 Å². The zero-order chi connectivity index (χ0) is 16.9. The van der Waals surface area contributed by atoms with Crippen LogP contribution in [-0.2, 0) is 23.8 Å². The minimum atomic E-state index is -0.347. The molecule has 3 aliphatic rings. The minimum Gasteiger partial charge on any atom is -0.459 e. The Labute approximate surface area is 136 Å². The van der Waals surface area contributed by atoms with Crippen molar-refractivity contribution in [3.8, 4) is 0 Å². The second-order valence-electron chi connectivity index (χ2n) is 6.78. The van der Waals surface area contributed by atoms with Gasteiger partial charge in [-0.05, 0) is 31.1 Å². The van der Waals surface area contributed by atoms with Gasteiger partial charge in [-0.15, -0.1) is 0 Å². The van der Waals surface area contributed by atoms with Crippen molar-refractivity contribution >= 4 is 11.9 Å². The Morgan fingerprint density at radius 1 is 1.43 bits per heavy atom. The normalized spacial score (nSPS) is 35.9. The van der Waals surface area contributed by atoms with Gasteiger partial charge in [0.1, 0.15) is 18.0 Å². The second kappa shape index (κ2) is 5.34. The van der Waals surface area contributed by atoms with Crippen LogP contribution in [0, 0.1) is 11.3 Å². The maximum atomic E-state index is 11.8. The van der Waals surface area contributed by atoms with Crippen LogP contribution in [0.1, 0.15) is 34.1 Å². The number of ether oxygens (including phenoxy) is 3. The summed E-state index contributed by atoms with van der Waals surface area (Å²) in [5.74, 6) is 0.0992. The van der Waals surface area contributed by atoms with Crippen LogP contribution in [0.3, 0.4) is 0 Å². The molecule has 5 nitrogen and oxygen atoms in total. The van der Waals surface area contributed by atoms with E-state index in [0.717, 1.165) is 11.1 Å². The van der Waals surface area contributed by atoms with E-state index in [1.54, 1.807) is 14.0 Å². The fourth-order valence-corrected chi connectivity index (χ4v) is 3.80. The molecule has 2 aliphatic carbocycles. The first-order valence-corrected chi connectivity index (χ1v) is 7.84. The molecule has 1 aliphatic heterocycles. The molecule has 23 heavy (non-hydrogen) atoms. The van der Waals surface area contributed by atoms with Crippen LogP contribution in [0.2, 0.25) is 0 Å². The molecule has 0 N–H and O–H groups in total. The number of fused-ring (bicyclic) bond motifs is 2. The van der Waals surface area contributed by atoms with E-state index in [0.29, 0.717) is 17.8 Å². The molecule has 0 aromatic carbocycles. The molecule has 0 bridgehead atoms. The van der Waals surface area contributed by atoms with Gasteiger partial charge in [0.05, 0.1) is 0 Å². The predicted molar refractivity (Wildman–Crippen MR) is 83.2 cm³/mol. The second-order valence-corrected chi connectivity index (χ2v) is 6.78. The fourth-order valence-electron chi connectivity index (χ4n) is 3.80. The smallest absolute Gasteiger partial charge is 0.339 e. The number of carbonyl (C=O) groups is 2. The quantitative estimate of drug-likeness (QED) is 0.733. The van der Waals surface area contributed by atoms with E-state index in [9.17, 15) is 9.59 Å². The molecule has 0 fully saturated rings. The molecule has 0 unspecified atom stereocenters. The molecular weight excluding hydrogens is 296 g/mol. The lowest BCUT2D eigenvalue weighted by molar-refractivity contribution is -0.160. The molecule has 4 atom stereocenters. The van der Waals surface area contributed by atoms with E-state index in [2.05, 4.69) is 13.8 Å². The highest BCUT2D eigenvalue weighted by Gasteiger charge is 2.50. The lowest BCUT2D eigenvalue weighted by Gasteiger charge is -2.48. The third-order valence-electron chi connectivity index (χ3n) is 5.49. The summed E-state index contributed by atoms with van der Waals surface area (Å²) in [7, 11) is 1.61. The van der Waals surface area contributed by atoms with E-state index in [-0.39, 0.29) is 35.5 Å². The molecule has 124 valence electrons. The summed E-state index contributed by atoms with van der Waals surface area (Å²) in [5.41, 5.74) is 2.46. The summed E-state index contributed by atoms with van der Waals surface area (Å²) in [6.45, 7) is 7.42. The maximum Gasteiger partial charge on any atom is 0.339 e. The third kappa shape index (κ3) is 2.34. The highest BCUT2D eigenvalue weighted by atomic mass is 16.6. The van der Waals surface area contributed by atoms with E-state index in [1.807, 2.05) is 12.2 Å². The Bertz CT molecular complexity index is 669. The number of rotatable bonds is 2. The Balaban J connectivity index is 2.08. The lowest BCUT2D eigenvalue weighted by atomic mass is 9.60. The SMILES string of the molecule is CO[C@H]1C=C2C=C3OC(=O)C(C)=C3C[C@]2(C)[C@@H](C)[C@H]1OC(C)=O. The van der Waals surface area contributed by atoms with E-state index >= 15 is 0 Å².